The van der Waals surface area contributed by atoms with Crippen LogP contribution in [0.25, 0.3) is 0 Å². The van der Waals surface area contributed by atoms with Crippen molar-refractivity contribution in [1.29, 1.82) is 0 Å². The maximum Gasteiger partial charge on any atom is 0.256 e. The number of rotatable bonds is 5. The zero-order valence-corrected chi connectivity index (χ0v) is 18.2. The fraction of sp³-hybridized carbons (Fsp3) is 0.440. The molecule has 2 aromatic carbocycles. The van der Waals surface area contributed by atoms with Gasteiger partial charge in [0.05, 0.1) is 17.3 Å². The molecule has 1 spiro atoms. The van der Waals surface area contributed by atoms with Crippen molar-refractivity contribution in [1.82, 2.24) is 15.1 Å². The van der Waals surface area contributed by atoms with Crippen LogP contribution in [0.15, 0.2) is 54.6 Å². The average Bonchev–Trinajstić information content (AvgIpc) is 3.05. The van der Waals surface area contributed by atoms with Crippen LogP contribution in [0, 0.1) is 5.82 Å². The fourth-order valence-electron chi connectivity index (χ4n) is 4.91. The average molecular weight is 424 g/mol. The minimum absolute atomic E-state index is 0.106. The molecule has 0 aromatic heterocycles. The molecule has 2 aromatic rings. The normalized spacial score (nSPS) is 21.5. The Hall–Kier alpha value is -2.73. The number of benzene rings is 2. The van der Waals surface area contributed by atoms with Gasteiger partial charge in [-0.15, -0.1) is 0 Å². The van der Waals surface area contributed by atoms with Gasteiger partial charge in [0.1, 0.15) is 5.82 Å². The van der Waals surface area contributed by atoms with Crippen LogP contribution in [0.4, 0.5) is 4.39 Å². The molecule has 2 aliphatic heterocycles. The number of carbonyl (C=O) groups excluding carboxylic acids is 2. The molecule has 2 amide bonds. The highest BCUT2D eigenvalue weighted by molar-refractivity contribution is 5.94. The van der Waals surface area contributed by atoms with Crippen molar-refractivity contribution in [3.63, 3.8) is 0 Å². The number of nitrogens with zero attached hydrogens (tertiary/aromatic N) is 2. The Morgan fingerprint density at radius 2 is 1.77 bits per heavy atom. The van der Waals surface area contributed by atoms with Crippen LogP contribution >= 0.6 is 0 Å². The molecule has 0 unspecified atom stereocenters. The summed E-state index contributed by atoms with van der Waals surface area (Å²) in [5.41, 5.74) is 0.772. The maximum atomic E-state index is 14.1. The van der Waals surface area contributed by atoms with Gasteiger partial charge in [-0.3, -0.25) is 14.9 Å². The van der Waals surface area contributed by atoms with E-state index >= 15 is 0 Å². The zero-order chi connectivity index (χ0) is 22.0. The topological polar surface area (TPSA) is 52.7 Å². The molecule has 2 fully saturated rings. The summed E-state index contributed by atoms with van der Waals surface area (Å²) >= 11 is 0. The molecule has 5 nitrogen and oxygen atoms in total. The van der Waals surface area contributed by atoms with E-state index < -0.39 is 11.5 Å². The summed E-state index contributed by atoms with van der Waals surface area (Å²) in [4.78, 5) is 30.0. The molecule has 0 bridgehead atoms. The number of hydrogen-bond acceptors (Lipinski definition) is 3. The summed E-state index contributed by atoms with van der Waals surface area (Å²) in [6, 6.07) is 16.0. The molecule has 0 saturated carbocycles. The summed E-state index contributed by atoms with van der Waals surface area (Å²) in [5.74, 6) is -0.647. The van der Waals surface area contributed by atoms with Crippen molar-refractivity contribution in [2.45, 2.75) is 57.3 Å². The lowest BCUT2D eigenvalue weighted by atomic mass is 9.93. The van der Waals surface area contributed by atoms with E-state index in [1.54, 1.807) is 17.0 Å². The molecule has 2 atom stereocenters. The predicted octanol–water partition coefficient (Wildman–Crippen LogP) is 3.60. The monoisotopic (exact) mass is 423 g/mol. The van der Waals surface area contributed by atoms with Crippen LogP contribution in [0.5, 0.6) is 0 Å². The number of amides is 2. The van der Waals surface area contributed by atoms with Crippen molar-refractivity contribution in [2.75, 3.05) is 13.1 Å². The SMILES string of the molecule is CC[C@H](C)N1C(=O)[C@H](Cc2ccccc2)NC12CCN(C(=O)c1ccccc1F)CC2. The van der Waals surface area contributed by atoms with Crippen molar-refractivity contribution in [3.05, 3.63) is 71.5 Å². The van der Waals surface area contributed by atoms with Crippen molar-refractivity contribution in [3.8, 4) is 0 Å². The highest BCUT2D eigenvalue weighted by Crippen LogP contribution is 2.36. The first kappa shape index (κ1) is 21.5. The van der Waals surface area contributed by atoms with E-state index in [0.29, 0.717) is 32.4 Å². The van der Waals surface area contributed by atoms with Gasteiger partial charge in [0.25, 0.3) is 5.91 Å². The van der Waals surface area contributed by atoms with Crippen LogP contribution in [0.3, 0.4) is 0 Å². The summed E-state index contributed by atoms with van der Waals surface area (Å²) in [6.07, 6.45) is 2.78. The van der Waals surface area contributed by atoms with Crippen LogP contribution in [-0.4, -0.2) is 52.5 Å². The fourth-order valence-corrected chi connectivity index (χ4v) is 4.91. The number of carbonyl (C=O) groups is 2. The number of piperidine rings is 1. The van der Waals surface area contributed by atoms with Gasteiger partial charge >= 0.3 is 0 Å². The first-order chi connectivity index (χ1) is 14.9. The number of halogens is 1. The van der Waals surface area contributed by atoms with Gasteiger partial charge < -0.3 is 9.80 Å². The van der Waals surface area contributed by atoms with Crippen LogP contribution < -0.4 is 5.32 Å². The molecule has 2 heterocycles. The second kappa shape index (κ2) is 8.79. The van der Waals surface area contributed by atoms with Crippen LogP contribution in [0.2, 0.25) is 0 Å². The molecule has 164 valence electrons. The van der Waals surface area contributed by atoms with E-state index in [1.165, 1.54) is 12.1 Å². The van der Waals surface area contributed by atoms with Gasteiger partial charge in [0, 0.05) is 32.0 Å². The zero-order valence-electron chi connectivity index (χ0n) is 18.2. The van der Waals surface area contributed by atoms with Gasteiger partial charge in [-0.1, -0.05) is 49.4 Å². The van der Waals surface area contributed by atoms with E-state index in [2.05, 4.69) is 19.2 Å². The maximum absolute atomic E-state index is 14.1. The van der Waals surface area contributed by atoms with E-state index in [-0.39, 0.29) is 29.5 Å². The Bertz CT molecular complexity index is 941. The second-order valence-electron chi connectivity index (χ2n) is 8.66. The largest absolute Gasteiger partial charge is 0.338 e. The number of hydrogen-bond donors (Lipinski definition) is 1. The van der Waals surface area contributed by atoms with E-state index in [1.807, 2.05) is 35.2 Å². The van der Waals surface area contributed by atoms with E-state index in [0.717, 1.165) is 12.0 Å². The summed E-state index contributed by atoms with van der Waals surface area (Å²) in [6.45, 7) is 5.15. The highest BCUT2D eigenvalue weighted by atomic mass is 19.1. The van der Waals surface area contributed by atoms with Gasteiger partial charge in [0.15, 0.2) is 0 Å². The molecule has 0 radical (unpaired) electrons. The Kier molecular flexibility index (Phi) is 6.10. The van der Waals surface area contributed by atoms with Gasteiger partial charge in [-0.2, -0.15) is 0 Å². The molecule has 31 heavy (non-hydrogen) atoms. The standard InChI is InChI=1S/C25H30FN3O2/c1-3-18(2)29-24(31)22(17-19-9-5-4-6-10-19)27-25(29)13-15-28(16-14-25)23(30)20-11-7-8-12-21(20)26/h4-12,18,22,27H,3,13-17H2,1-2H3/t18-,22-/m0/s1. The summed E-state index contributed by atoms with van der Waals surface area (Å²) < 4.78 is 14.1. The predicted molar refractivity (Wildman–Crippen MR) is 118 cm³/mol. The number of likely N-dealkylation sites (tertiary alicyclic amines) is 1. The lowest BCUT2D eigenvalue weighted by molar-refractivity contribution is -0.136. The molecule has 2 aliphatic rings. The van der Waals surface area contributed by atoms with Crippen LogP contribution in [0.1, 0.15) is 49.0 Å². The molecular formula is C25H30FN3O2. The Labute approximate surface area is 183 Å². The van der Waals surface area contributed by atoms with Gasteiger partial charge in [0.2, 0.25) is 5.91 Å². The van der Waals surface area contributed by atoms with Gasteiger partial charge in [-0.05, 0) is 37.5 Å². The quantitative estimate of drug-likeness (QED) is 0.800. The Morgan fingerprint density at radius 1 is 1.13 bits per heavy atom. The molecule has 4 rings (SSSR count). The third-order valence-corrected chi connectivity index (χ3v) is 6.74. The lowest BCUT2D eigenvalue weighted by Gasteiger charge is -2.46. The molecule has 6 heteroatoms. The molecule has 0 aliphatic carbocycles. The number of nitrogens with one attached hydrogen (secondary N) is 1. The van der Waals surface area contributed by atoms with Crippen molar-refractivity contribution in [2.24, 2.45) is 0 Å². The first-order valence-corrected chi connectivity index (χ1v) is 11.1. The molecule has 2 saturated heterocycles. The second-order valence-corrected chi connectivity index (χ2v) is 8.66. The molecule has 1 N–H and O–H groups in total. The minimum atomic E-state index is -0.494. The van der Waals surface area contributed by atoms with E-state index in [9.17, 15) is 14.0 Å². The highest BCUT2D eigenvalue weighted by Gasteiger charge is 2.53. The minimum Gasteiger partial charge on any atom is -0.338 e. The summed E-state index contributed by atoms with van der Waals surface area (Å²) in [5, 5.41) is 3.64. The Balaban J connectivity index is 1.52. The molecular weight excluding hydrogens is 393 g/mol. The summed E-state index contributed by atoms with van der Waals surface area (Å²) in [7, 11) is 0. The lowest BCUT2D eigenvalue weighted by Crippen LogP contribution is -2.61. The van der Waals surface area contributed by atoms with Crippen molar-refractivity contribution >= 4 is 11.8 Å². The van der Waals surface area contributed by atoms with Crippen LogP contribution in [-0.2, 0) is 11.2 Å². The van der Waals surface area contributed by atoms with Crippen molar-refractivity contribution < 1.29 is 14.0 Å². The third-order valence-electron chi connectivity index (χ3n) is 6.74. The smallest absolute Gasteiger partial charge is 0.256 e. The first-order valence-electron chi connectivity index (χ1n) is 11.1. The third kappa shape index (κ3) is 4.09. The Morgan fingerprint density at radius 3 is 2.42 bits per heavy atom. The van der Waals surface area contributed by atoms with E-state index in [4.69, 9.17) is 0 Å². The van der Waals surface area contributed by atoms with Gasteiger partial charge in [-0.25, -0.2) is 4.39 Å².